The summed E-state index contributed by atoms with van der Waals surface area (Å²) < 4.78 is 68.8. The topological polar surface area (TPSA) is 64.0 Å². The molecule has 0 saturated carbocycles. The fourth-order valence-corrected chi connectivity index (χ4v) is 3.85. The predicted octanol–water partition coefficient (Wildman–Crippen LogP) is 3.91. The van der Waals surface area contributed by atoms with Gasteiger partial charge in [0.25, 0.3) is 10.0 Å². The summed E-state index contributed by atoms with van der Waals surface area (Å²) in [6, 6.07) is 8.21. The van der Waals surface area contributed by atoms with E-state index in [1.807, 2.05) is 0 Å². The molecule has 0 saturated heterocycles. The summed E-state index contributed by atoms with van der Waals surface area (Å²) >= 11 is 3.15. The zero-order valence-electron chi connectivity index (χ0n) is 13.0. The Balaban J connectivity index is 1.86. The van der Waals surface area contributed by atoms with Gasteiger partial charge in [0.2, 0.25) is 0 Å². The third-order valence-electron chi connectivity index (χ3n) is 3.42. The molecule has 0 amide bonds. The molecule has 1 aromatic heterocycles. The van der Waals surface area contributed by atoms with E-state index in [9.17, 15) is 21.6 Å². The molecule has 5 nitrogen and oxygen atoms in total. The van der Waals surface area contributed by atoms with Crippen molar-refractivity contribution >= 4 is 31.8 Å². The molecule has 0 aliphatic heterocycles. The van der Waals surface area contributed by atoms with Gasteiger partial charge in [0, 0.05) is 17.8 Å². The SMILES string of the molecule is O=S(=O)(Nc1nn(Cc2ccccc2F)cc1Br)c1ccc(F)cc1F. The van der Waals surface area contributed by atoms with Crippen LogP contribution in [0.2, 0.25) is 0 Å². The van der Waals surface area contributed by atoms with Crippen LogP contribution in [0.3, 0.4) is 0 Å². The Morgan fingerprint density at radius 3 is 2.50 bits per heavy atom. The Hall–Kier alpha value is -2.33. The fourth-order valence-electron chi connectivity index (χ4n) is 2.22. The quantitative estimate of drug-likeness (QED) is 0.647. The minimum Gasteiger partial charge on any atom is -0.265 e. The van der Waals surface area contributed by atoms with Gasteiger partial charge in [0.1, 0.15) is 22.3 Å². The van der Waals surface area contributed by atoms with E-state index in [0.29, 0.717) is 11.6 Å². The first-order chi connectivity index (χ1) is 12.3. The van der Waals surface area contributed by atoms with Crippen molar-refractivity contribution in [2.45, 2.75) is 11.4 Å². The first-order valence-corrected chi connectivity index (χ1v) is 9.48. The van der Waals surface area contributed by atoms with Gasteiger partial charge in [-0.15, -0.1) is 0 Å². The van der Waals surface area contributed by atoms with Crippen molar-refractivity contribution in [1.29, 1.82) is 0 Å². The average Bonchev–Trinajstić information content (AvgIpc) is 2.88. The highest BCUT2D eigenvalue weighted by atomic mass is 79.9. The second kappa shape index (κ2) is 7.12. The summed E-state index contributed by atoms with van der Waals surface area (Å²) in [5.41, 5.74) is 0.362. The molecular weight excluding hydrogens is 435 g/mol. The molecule has 0 unspecified atom stereocenters. The van der Waals surface area contributed by atoms with Gasteiger partial charge in [-0.25, -0.2) is 21.6 Å². The Morgan fingerprint density at radius 1 is 1.08 bits per heavy atom. The first-order valence-electron chi connectivity index (χ1n) is 7.20. The number of hydrogen-bond donors (Lipinski definition) is 1. The van der Waals surface area contributed by atoms with Crippen LogP contribution in [0.1, 0.15) is 5.56 Å². The largest absolute Gasteiger partial charge is 0.266 e. The zero-order chi connectivity index (χ0) is 18.9. The van der Waals surface area contributed by atoms with Gasteiger partial charge in [0.15, 0.2) is 5.82 Å². The Labute approximate surface area is 155 Å². The lowest BCUT2D eigenvalue weighted by Crippen LogP contribution is -2.16. The van der Waals surface area contributed by atoms with Crippen LogP contribution < -0.4 is 4.72 Å². The van der Waals surface area contributed by atoms with Crippen LogP contribution >= 0.6 is 15.9 Å². The fraction of sp³-hybridized carbons (Fsp3) is 0.0625. The minimum atomic E-state index is -4.32. The van der Waals surface area contributed by atoms with E-state index in [1.165, 1.54) is 16.9 Å². The highest BCUT2D eigenvalue weighted by molar-refractivity contribution is 9.10. The van der Waals surface area contributed by atoms with E-state index in [0.717, 1.165) is 12.1 Å². The molecule has 1 N–H and O–H groups in total. The molecule has 26 heavy (non-hydrogen) atoms. The van der Waals surface area contributed by atoms with Gasteiger partial charge >= 0.3 is 0 Å². The number of aromatic nitrogens is 2. The number of hydrogen-bond acceptors (Lipinski definition) is 3. The van der Waals surface area contributed by atoms with Crippen LogP contribution in [-0.2, 0) is 16.6 Å². The lowest BCUT2D eigenvalue weighted by Gasteiger charge is -2.07. The summed E-state index contributed by atoms with van der Waals surface area (Å²) in [4.78, 5) is -0.713. The van der Waals surface area contributed by atoms with Crippen molar-refractivity contribution in [3.05, 3.63) is 76.1 Å². The number of sulfonamides is 1. The van der Waals surface area contributed by atoms with Gasteiger partial charge in [-0.05, 0) is 34.1 Å². The van der Waals surface area contributed by atoms with Gasteiger partial charge in [-0.1, -0.05) is 18.2 Å². The van der Waals surface area contributed by atoms with E-state index in [2.05, 4.69) is 25.8 Å². The maximum atomic E-state index is 13.7. The van der Waals surface area contributed by atoms with E-state index in [4.69, 9.17) is 0 Å². The molecule has 0 fully saturated rings. The lowest BCUT2D eigenvalue weighted by atomic mass is 10.2. The molecule has 1 heterocycles. The van der Waals surface area contributed by atoms with Crippen molar-refractivity contribution in [1.82, 2.24) is 9.78 Å². The second-order valence-corrected chi connectivity index (χ2v) is 7.80. The van der Waals surface area contributed by atoms with Gasteiger partial charge in [0.05, 0.1) is 11.0 Å². The lowest BCUT2D eigenvalue weighted by molar-refractivity contribution is 0.550. The molecule has 0 bridgehead atoms. The molecule has 0 atom stereocenters. The van der Waals surface area contributed by atoms with Crippen molar-refractivity contribution in [3.8, 4) is 0 Å². The van der Waals surface area contributed by atoms with Crippen molar-refractivity contribution in [3.63, 3.8) is 0 Å². The summed E-state index contributed by atoms with van der Waals surface area (Å²) in [7, 11) is -4.32. The number of nitrogens with one attached hydrogen (secondary N) is 1. The van der Waals surface area contributed by atoms with E-state index < -0.39 is 32.4 Å². The van der Waals surface area contributed by atoms with E-state index in [-0.39, 0.29) is 16.8 Å². The highest BCUT2D eigenvalue weighted by Crippen LogP contribution is 2.25. The van der Waals surface area contributed by atoms with Crippen LogP contribution in [0.15, 0.2) is 58.0 Å². The summed E-state index contributed by atoms with van der Waals surface area (Å²) in [5.74, 6) is -2.64. The monoisotopic (exact) mass is 445 g/mol. The maximum Gasteiger partial charge on any atom is 0.266 e. The minimum absolute atomic E-state index is 0.0674. The number of halogens is 4. The molecule has 2 aromatic carbocycles. The highest BCUT2D eigenvalue weighted by Gasteiger charge is 2.22. The molecule has 0 aliphatic carbocycles. The molecule has 0 radical (unpaired) electrons. The smallest absolute Gasteiger partial charge is 0.265 e. The zero-order valence-corrected chi connectivity index (χ0v) is 15.4. The maximum absolute atomic E-state index is 13.7. The number of benzene rings is 2. The van der Waals surface area contributed by atoms with Crippen LogP contribution in [0.5, 0.6) is 0 Å². The second-order valence-electron chi connectivity index (χ2n) is 5.29. The predicted molar refractivity (Wildman–Crippen MR) is 92.6 cm³/mol. The molecular formula is C16H11BrF3N3O2S. The van der Waals surface area contributed by atoms with Crippen LogP contribution in [-0.4, -0.2) is 18.2 Å². The summed E-state index contributed by atoms with van der Waals surface area (Å²) in [5, 5.41) is 4.02. The van der Waals surface area contributed by atoms with Crippen molar-refractivity contribution in [2.75, 3.05) is 4.72 Å². The molecule has 3 aromatic rings. The number of nitrogens with zero attached hydrogens (tertiary/aromatic N) is 2. The van der Waals surface area contributed by atoms with Crippen LogP contribution in [0.25, 0.3) is 0 Å². The number of rotatable bonds is 5. The normalized spacial score (nSPS) is 11.5. The van der Waals surface area contributed by atoms with Crippen LogP contribution in [0.4, 0.5) is 19.0 Å². The Kier molecular flexibility index (Phi) is 5.05. The van der Waals surface area contributed by atoms with Gasteiger partial charge in [-0.3, -0.25) is 9.40 Å². The van der Waals surface area contributed by atoms with Crippen LogP contribution in [0, 0.1) is 17.5 Å². The van der Waals surface area contributed by atoms with Gasteiger partial charge in [-0.2, -0.15) is 5.10 Å². The summed E-state index contributed by atoms with van der Waals surface area (Å²) in [6.07, 6.45) is 1.45. The first kappa shape index (κ1) is 18.5. The average molecular weight is 446 g/mol. The third-order valence-corrected chi connectivity index (χ3v) is 5.37. The summed E-state index contributed by atoms with van der Waals surface area (Å²) in [6.45, 7) is 0.0674. The number of anilines is 1. The third kappa shape index (κ3) is 3.91. The Morgan fingerprint density at radius 2 is 1.81 bits per heavy atom. The molecule has 136 valence electrons. The van der Waals surface area contributed by atoms with Gasteiger partial charge < -0.3 is 0 Å². The Bertz CT molecular complexity index is 1070. The standard InChI is InChI=1S/C16H11BrF3N3O2S/c17-12-9-23(8-10-3-1-2-4-13(10)19)21-16(12)22-26(24,25)15-6-5-11(18)7-14(15)20/h1-7,9H,8H2,(H,21,22). The molecule has 0 spiro atoms. The molecule has 0 aliphatic rings. The van der Waals surface area contributed by atoms with Crippen molar-refractivity contribution in [2.24, 2.45) is 0 Å². The van der Waals surface area contributed by atoms with E-state index >= 15 is 0 Å². The van der Waals surface area contributed by atoms with Crippen molar-refractivity contribution < 1.29 is 21.6 Å². The van der Waals surface area contributed by atoms with E-state index in [1.54, 1.807) is 18.2 Å². The molecule has 3 rings (SSSR count). The molecule has 10 heteroatoms.